The Labute approximate surface area is 102 Å². The summed E-state index contributed by atoms with van der Waals surface area (Å²) < 4.78 is 0. The van der Waals surface area contributed by atoms with Gasteiger partial charge in [-0.3, -0.25) is 15.1 Å². The summed E-state index contributed by atoms with van der Waals surface area (Å²) in [4.78, 5) is 17.5. The Morgan fingerprint density at radius 1 is 1.59 bits per heavy atom. The topological polar surface area (TPSA) is 45.2 Å². The van der Waals surface area contributed by atoms with Crippen molar-refractivity contribution in [3.8, 4) is 12.3 Å². The lowest BCUT2D eigenvalue weighted by molar-refractivity contribution is -0.128. The van der Waals surface area contributed by atoms with Crippen LogP contribution < -0.4 is 5.32 Å². The maximum Gasteiger partial charge on any atom is 0.236 e. The lowest BCUT2D eigenvalue weighted by Crippen LogP contribution is -2.36. The Morgan fingerprint density at radius 2 is 2.41 bits per heavy atom. The van der Waals surface area contributed by atoms with Crippen LogP contribution in [0.1, 0.15) is 5.69 Å². The van der Waals surface area contributed by atoms with Crippen LogP contribution in [-0.2, 0) is 11.2 Å². The van der Waals surface area contributed by atoms with Gasteiger partial charge in [-0.15, -0.1) is 6.42 Å². The van der Waals surface area contributed by atoms with E-state index in [1.807, 2.05) is 18.2 Å². The summed E-state index contributed by atoms with van der Waals surface area (Å²) >= 11 is 0. The molecule has 0 spiro atoms. The summed E-state index contributed by atoms with van der Waals surface area (Å²) in [6.07, 6.45) is 7.60. The quantitative estimate of drug-likeness (QED) is 0.566. The first kappa shape index (κ1) is 13.2. The summed E-state index contributed by atoms with van der Waals surface area (Å²) in [5.74, 6) is 2.47. The molecule has 0 bridgehead atoms. The molecule has 1 amide bonds. The van der Waals surface area contributed by atoms with E-state index in [2.05, 4.69) is 16.2 Å². The molecule has 0 saturated heterocycles. The number of rotatable bonds is 6. The van der Waals surface area contributed by atoms with Gasteiger partial charge in [-0.2, -0.15) is 0 Å². The average Bonchev–Trinajstić information content (AvgIpc) is 2.37. The number of amides is 1. The molecule has 0 aromatic carbocycles. The van der Waals surface area contributed by atoms with Crippen molar-refractivity contribution in [2.75, 3.05) is 26.7 Å². The largest absolute Gasteiger partial charge is 0.344 e. The molecular weight excluding hydrogens is 214 g/mol. The van der Waals surface area contributed by atoms with E-state index >= 15 is 0 Å². The van der Waals surface area contributed by atoms with Gasteiger partial charge in [-0.05, 0) is 12.1 Å². The van der Waals surface area contributed by atoms with Gasteiger partial charge in [0.15, 0.2) is 0 Å². The number of hydrogen-bond donors (Lipinski definition) is 1. The van der Waals surface area contributed by atoms with Gasteiger partial charge < -0.3 is 4.90 Å². The van der Waals surface area contributed by atoms with Gasteiger partial charge in [0.25, 0.3) is 0 Å². The van der Waals surface area contributed by atoms with Crippen LogP contribution in [0.4, 0.5) is 0 Å². The van der Waals surface area contributed by atoms with Crippen molar-refractivity contribution in [2.24, 2.45) is 0 Å². The molecule has 90 valence electrons. The van der Waals surface area contributed by atoms with Crippen molar-refractivity contribution in [2.45, 2.75) is 6.42 Å². The second-order valence-electron chi connectivity index (χ2n) is 3.69. The van der Waals surface area contributed by atoms with Crippen LogP contribution in [-0.4, -0.2) is 42.5 Å². The number of likely N-dealkylation sites (N-methyl/N-ethyl adjacent to an activating group) is 1. The number of aromatic nitrogens is 1. The van der Waals surface area contributed by atoms with Crippen LogP contribution >= 0.6 is 0 Å². The first-order valence-electron chi connectivity index (χ1n) is 5.52. The first-order valence-corrected chi connectivity index (χ1v) is 5.52. The van der Waals surface area contributed by atoms with E-state index in [0.29, 0.717) is 13.1 Å². The van der Waals surface area contributed by atoms with Crippen LogP contribution in [0.2, 0.25) is 0 Å². The van der Waals surface area contributed by atoms with E-state index in [0.717, 1.165) is 12.1 Å². The lowest BCUT2D eigenvalue weighted by atomic mass is 10.2. The van der Waals surface area contributed by atoms with Crippen molar-refractivity contribution < 1.29 is 4.79 Å². The Balaban J connectivity index is 2.27. The highest BCUT2D eigenvalue weighted by atomic mass is 16.2. The standard InChI is InChI=1S/C13H17N3O/c1-3-8-14-11-13(17)16(2)10-7-12-6-4-5-9-15-12/h1,4-6,9,14H,7-8,10-11H2,2H3. The van der Waals surface area contributed by atoms with Gasteiger partial charge >= 0.3 is 0 Å². The minimum atomic E-state index is 0.0381. The van der Waals surface area contributed by atoms with E-state index < -0.39 is 0 Å². The summed E-state index contributed by atoms with van der Waals surface area (Å²) in [6, 6.07) is 5.77. The number of pyridine rings is 1. The molecule has 0 atom stereocenters. The minimum absolute atomic E-state index is 0.0381. The molecule has 0 radical (unpaired) electrons. The maximum absolute atomic E-state index is 11.6. The number of carbonyl (C=O) groups excluding carboxylic acids is 1. The molecule has 1 rings (SSSR count). The molecule has 1 heterocycles. The van der Waals surface area contributed by atoms with E-state index in [-0.39, 0.29) is 12.5 Å². The second kappa shape index (κ2) is 7.42. The van der Waals surface area contributed by atoms with E-state index in [4.69, 9.17) is 6.42 Å². The zero-order chi connectivity index (χ0) is 12.5. The van der Waals surface area contributed by atoms with Crippen molar-refractivity contribution in [3.63, 3.8) is 0 Å². The molecule has 17 heavy (non-hydrogen) atoms. The number of hydrogen-bond acceptors (Lipinski definition) is 3. The van der Waals surface area contributed by atoms with Gasteiger partial charge in [-0.1, -0.05) is 12.0 Å². The monoisotopic (exact) mass is 231 g/mol. The Morgan fingerprint density at radius 3 is 3.06 bits per heavy atom. The molecular formula is C13H17N3O. The fourth-order valence-corrected chi connectivity index (χ4v) is 1.33. The highest BCUT2D eigenvalue weighted by Gasteiger charge is 2.07. The molecule has 0 aliphatic heterocycles. The van der Waals surface area contributed by atoms with Crippen LogP contribution in [0.5, 0.6) is 0 Å². The molecule has 4 nitrogen and oxygen atoms in total. The van der Waals surface area contributed by atoms with Gasteiger partial charge in [-0.25, -0.2) is 0 Å². The van der Waals surface area contributed by atoms with Crippen molar-refractivity contribution in [1.82, 2.24) is 15.2 Å². The molecule has 4 heteroatoms. The summed E-state index contributed by atoms with van der Waals surface area (Å²) in [7, 11) is 1.78. The Hall–Kier alpha value is -1.86. The number of terminal acetylenes is 1. The minimum Gasteiger partial charge on any atom is -0.344 e. The highest BCUT2D eigenvalue weighted by molar-refractivity contribution is 5.77. The number of carbonyl (C=O) groups is 1. The third kappa shape index (κ3) is 5.14. The van der Waals surface area contributed by atoms with Gasteiger partial charge in [0.05, 0.1) is 13.1 Å². The SMILES string of the molecule is C#CCNCC(=O)N(C)CCc1ccccn1. The van der Waals surface area contributed by atoms with Crippen molar-refractivity contribution >= 4 is 5.91 Å². The number of nitrogens with zero attached hydrogens (tertiary/aromatic N) is 2. The van der Waals surface area contributed by atoms with Crippen LogP contribution in [0.15, 0.2) is 24.4 Å². The van der Waals surface area contributed by atoms with E-state index in [1.54, 1.807) is 18.1 Å². The molecule has 0 aliphatic rings. The summed E-state index contributed by atoms with van der Waals surface area (Å²) in [5, 5.41) is 2.87. The zero-order valence-electron chi connectivity index (χ0n) is 10.0. The smallest absolute Gasteiger partial charge is 0.236 e. The third-order valence-corrected chi connectivity index (χ3v) is 2.36. The van der Waals surface area contributed by atoms with Gasteiger partial charge in [0.1, 0.15) is 0 Å². The fraction of sp³-hybridized carbons (Fsp3) is 0.385. The molecule has 0 fully saturated rings. The van der Waals surface area contributed by atoms with E-state index in [9.17, 15) is 4.79 Å². The highest BCUT2D eigenvalue weighted by Crippen LogP contribution is 1.96. The van der Waals surface area contributed by atoms with E-state index in [1.165, 1.54) is 0 Å². The predicted molar refractivity (Wildman–Crippen MR) is 67.3 cm³/mol. The van der Waals surface area contributed by atoms with Crippen LogP contribution in [0.3, 0.4) is 0 Å². The van der Waals surface area contributed by atoms with Crippen LogP contribution in [0.25, 0.3) is 0 Å². The van der Waals surface area contributed by atoms with Crippen molar-refractivity contribution in [1.29, 1.82) is 0 Å². The fourth-order valence-electron chi connectivity index (χ4n) is 1.33. The number of nitrogens with one attached hydrogen (secondary N) is 1. The average molecular weight is 231 g/mol. The molecule has 1 N–H and O–H groups in total. The normalized spacial score (nSPS) is 9.65. The molecule has 1 aromatic heterocycles. The summed E-state index contributed by atoms with van der Waals surface area (Å²) in [6.45, 7) is 1.36. The summed E-state index contributed by atoms with van der Waals surface area (Å²) in [5.41, 5.74) is 0.990. The molecule has 0 aliphatic carbocycles. The van der Waals surface area contributed by atoms with Crippen molar-refractivity contribution in [3.05, 3.63) is 30.1 Å². The zero-order valence-corrected chi connectivity index (χ0v) is 10.0. The third-order valence-electron chi connectivity index (χ3n) is 2.36. The Bertz CT molecular complexity index is 383. The van der Waals surface area contributed by atoms with Gasteiger partial charge in [0, 0.05) is 31.9 Å². The molecule has 1 aromatic rings. The maximum atomic E-state index is 11.6. The molecule has 0 saturated carbocycles. The second-order valence-corrected chi connectivity index (χ2v) is 3.69. The molecule has 0 unspecified atom stereocenters. The Kier molecular flexibility index (Phi) is 5.76. The predicted octanol–water partition coefficient (Wildman–Crippen LogP) is 0.305. The first-order chi connectivity index (χ1) is 8.24. The van der Waals surface area contributed by atoms with Gasteiger partial charge in [0.2, 0.25) is 5.91 Å². The lowest BCUT2D eigenvalue weighted by Gasteiger charge is -2.16. The van der Waals surface area contributed by atoms with Crippen LogP contribution in [0, 0.1) is 12.3 Å².